The predicted molar refractivity (Wildman–Crippen MR) is 106 cm³/mol. The van der Waals surface area contributed by atoms with Crippen molar-refractivity contribution in [3.8, 4) is 11.4 Å². The molecule has 3 N–H and O–H groups in total. The van der Waals surface area contributed by atoms with Gasteiger partial charge in [0.05, 0.1) is 42.9 Å². The maximum Gasteiger partial charge on any atom is 0.221 e. The summed E-state index contributed by atoms with van der Waals surface area (Å²) < 4.78 is 20.7. The lowest BCUT2D eigenvalue weighted by molar-refractivity contribution is -0.186. The molecule has 1 fully saturated rings. The van der Waals surface area contributed by atoms with E-state index < -0.39 is 5.60 Å². The van der Waals surface area contributed by atoms with E-state index in [0.717, 1.165) is 0 Å². The third kappa shape index (κ3) is 3.06. The Hall–Kier alpha value is -3.50. The number of benzene rings is 1. The number of rotatable bonds is 4. The summed E-state index contributed by atoms with van der Waals surface area (Å²) in [7, 11) is 0. The topological polar surface area (TPSA) is 125 Å². The highest BCUT2D eigenvalue weighted by Gasteiger charge is 2.39. The number of nitrogen functional groups attached to an aromatic ring is 1. The number of hydrogen-bond acceptors (Lipinski definition) is 8. The summed E-state index contributed by atoms with van der Waals surface area (Å²) in [6.07, 6.45) is 1.72. The fraction of sp³-hybridized carbons (Fsp3) is 0.250. The number of aromatic nitrogens is 6. The zero-order valence-electron chi connectivity index (χ0n) is 16.1. The van der Waals surface area contributed by atoms with Gasteiger partial charge in [0.25, 0.3) is 0 Å². The standard InChI is InChI=1S/C20H18FN7O2/c1-11-14(21)6-5-13-17(11)24-19(22)25-18(13)15-8-28(27-26-15)7-12-3-2-4-16(23-12)20(29)9-30-10-20/h2-6,8,29H,7,9-10H2,1H3,(H2,22,24,25). The minimum atomic E-state index is -1.03. The number of halogens is 1. The Morgan fingerprint density at radius 2 is 2.03 bits per heavy atom. The number of aliphatic hydroxyl groups is 1. The molecule has 0 unspecified atom stereocenters. The van der Waals surface area contributed by atoms with E-state index >= 15 is 0 Å². The first-order chi connectivity index (χ1) is 14.4. The lowest BCUT2D eigenvalue weighted by atomic mass is 9.97. The molecule has 1 aromatic carbocycles. The maximum absolute atomic E-state index is 13.9. The molecular weight excluding hydrogens is 389 g/mol. The fourth-order valence-electron chi connectivity index (χ4n) is 3.44. The lowest BCUT2D eigenvalue weighted by Gasteiger charge is -2.35. The highest BCUT2D eigenvalue weighted by molar-refractivity contribution is 5.93. The molecule has 152 valence electrons. The number of pyridine rings is 1. The van der Waals surface area contributed by atoms with E-state index in [1.165, 1.54) is 6.07 Å². The molecule has 4 aromatic rings. The van der Waals surface area contributed by atoms with Gasteiger partial charge in [-0.05, 0) is 31.2 Å². The van der Waals surface area contributed by atoms with Gasteiger partial charge in [-0.15, -0.1) is 5.10 Å². The van der Waals surface area contributed by atoms with Crippen LogP contribution in [0.2, 0.25) is 0 Å². The third-order valence-corrected chi connectivity index (χ3v) is 5.14. The minimum absolute atomic E-state index is 0.0334. The Labute approximate surface area is 170 Å². The number of nitrogens with zero attached hydrogens (tertiary/aromatic N) is 6. The molecule has 0 saturated carbocycles. The van der Waals surface area contributed by atoms with E-state index in [2.05, 4.69) is 25.3 Å². The van der Waals surface area contributed by atoms with E-state index in [0.29, 0.717) is 45.8 Å². The zero-order chi connectivity index (χ0) is 20.9. The quantitative estimate of drug-likeness (QED) is 0.522. The van der Waals surface area contributed by atoms with E-state index in [-0.39, 0.29) is 25.0 Å². The average Bonchev–Trinajstić information content (AvgIpc) is 3.17. The van der Waals surface area contributed by atoms with Gasteiger partial charge in [-0.3, -0.25) is 4.98 Å². The Morgan fingerprint density at radius 3 is 2.80 bits per heavy atom. The van der Waals surface area contributed by atoms with Gasteiger partial charge >= 0.3 is 0 Å². The molecular formula is C20H18FN7O2. The van der Waals surface area contributed by atoms with Crippen molar-refractivity contribution in [3.05, 3.63) is 59.3 Å². The molecule has 0 spiro atoms. The number of fused-ring (bicyclic) bond motifs is 1. The van der Waals surface area contributed by atoms with Crippen LogP contribution in [0.1, 0.15) is 17.0 Å². The molecule has 1 aliphatic heterocycles. The van der Waals surface area contributed by atoms with Crippen LogP contribution < -0.4 is 5.73 Å². The third-order valence-electron chi connectivity index (χ3n) is 5.14. The maximum atomic E-state index is 13.9. The second kappa shape index (κ2) is 6.78. The van der Waals surface area contributed by atoms with E-state index in [1.807, 2.05) is 12.1 Å². The van der Waals surface area contributed by atoms with Gasteiger partial charge in [0.2, 0.25) is 5.95 Å². The highest BCUT2D eigenvalue weighted by atomic mass is 19.1. The van der Waals surface area contributed by atoms with E-state index in [9.17, 15) is 9.50 Å². The van der Waals surface area contributed by atoms with E-state index in [1.54, 1.807) is 29.9 Å². The molecule has 10 heteroatoms. The fourth-order valence-corrected chi connectivity index (χ4v) is 3.44. The molecule has 1 aliphatic rings. The van der Waals surface area contributed by atoms with Crippen LogP contribution in [0, 0.1) is 12.7 Å². The van der Waals surface area contributed by atoms with Crippen molar-refractivity contribution < 1.29 is 14.2 Å². The molecule has 9 nitrogen and oxygen atoms in total. The number of anilines is 1. The van der Waals surface area contributed by atoms with Crippen LogP contribution in [0.15, 0.2) is 36.5 Å². The Morgan fingerprint density at radius 1 is 1.20 bits per heavy atom. The van der Waals surface area contributed by atoms with Crippen LogP contribution in [0.25, 0.3) is 22.3 Å². The van der Waals surface area contributed by atoms with Crippen molar-refractivity contribution in [2.45, 2.75) is 19.1 Å². The molecule has 0 bridgehead atoms. The second-order valence-electron chi connectivity index (χ2n) is 7.34. The second-order valence-corrected chi connectivity index (χ2v) is 7.34. The Bertz CT molecular complexity index is 1270. The normalized spacial score (nSPS) is 15.3. The first-order valence-corrected chi connectivity index (χ1v) is 9.32. The summed E-state index contributed by atoms with van der Waals surface area (Å²) in [4.78, 5) is 13.0. The van der Waals surface area contributed by atoms with Gasteiger partial charge in [0.1, 0.15) is 17.2 Å². The summed E-state index contributed by atoms with van der Waals surface area (Å²) in [6, 6.07) is 8.43. The summed E-state index contributed by atoms with van der Waals surface area (Å²) in [5.41, 5.74) is 7.90. The lowest BCUT2D eigenvalue weighted by Crippen LogP contribution is -2.47. The van der Waals surface area contributed by atoms with Crippen molar-refractivity contribution in [1.82, 2.24) is 29.9 Å². The summed E-state index contributed by atoms with van der Waals surface area (Å²) in [6.45, 7) is 2.46. The van der Waals surface area contributed by atoms with Crippen molar-refractivity contribution in [2.24, 2.45) is 0 Å². The number of aryl methyl sites for hydroxylation is 1. The van der Waals surface area contributed by atoms with Gasteiger partial charge in [-0.2, -0.15) is 0 Å². The van der Waals surface area contributed by atoms with Crippen molar-refractivity contribution in [3.63, 3.8) is 0 Å². The highest BCUT2D eigenvalue weighted by Crippen LogP contribution is 2.29. The van der Waals surface area contributed by atoms with Crippen molar-refractivity contribution in [1.29, 1.82) is 0 Å². The molecule has 3 aromatic heterocycles. The van der Waals surface area contributed by atoms with E-state index in [4.69, 9.17) is 10.5 Å². The van der Waals surface area contributed by atoms with Crippen molar-refractivity contribution in [2.75, 3.05) is 18.9 Å². The smallest absolute Gasteiger partial charge is 0.221 e. The van der Waals surface area contributed by atoms with Crippen LogP contribution in [0.4, 0.5) is 10.3 Å². The zero-order valence-corrected chi connectivity index (χ0v) is 16.1. The first-order valence-electron chi connectivity index (χ1n) is 9.32. The summed E-state index contributed by atoms with van der Waals surface area (Å²) in [5.74, 6) is -0.328. The average molecular weight is 407 g/mol. The SMILES string of the molecule is Cc1c(F)ccc2c(-c3cn(Cc4cccc(C5(O)COC5)n4)nn3)nc(N)nc12. The Balaban J connectivity index is 1.48. The van der Waals surface area contributed by atoms with Gasteiger partial charge < -0.3 is 15.6 Å². The van der Waals surface area contributed by atoms with Crippen LogP contribution in [-0.2, 0) is 16.9 Å². The van der Waals surface area contributed by atoms with Gasteiger partial charge in [0.15, 0.2) is 5.60 Å². The molecule has 0 atom stereocenters. The van der Waals surface area contributed by atoms with Crippen LogP contribution in [0.3, 0.4) is 0 Å². The van der Waals surface area contributed by atoms with Crippen LogP contribution >= 0.6 is 0 Å². The Kier molecular flexibility index (Phi) is 4.19. The summed E-state index contributed by atoms with van der Waals surface area (Å²) in [5, 5.41) is 19.4. The monoisotopic (exact) mass is 407 g/mol. The first kappa shape index (κ1) is 18.5. The number of nitrogens with two attached hydrogens (primary N) is 1. The molecule has 0 radical (unpaired) electrons. The summed E-state index contributed by atoms with van der Waals surface area (Å²) >= 11 is 0. The largest absolute Gasteiger partial charge is 0.379 e. The van der Waals surface area contributed by atoms with Gasteiger partial charge in [-0.1, -0.05) is 11.3 Å². The molecule has 5 rings (SSSR count). The number of hydrogen-bond donors (Lipinski definition) is 2. The van der Waals surface area contributed by atoms with Crippen molar-refractivity contribution >= 4 is 16.9 Å². The number of ether oxygens (including phenoxy) is 1. The molecule has 4 heterocycles. The van der Waals surface area contributed by atoms with Crippen LogP contribution in [-0.4, -0.2) is 48.3 Å². The molecule has 0 amide bonds. The molecule has 30 heavy (non-hydrogen) atoms. The predicted octanol–water partition coefficient (Wildman–Crippen LogP) is 1.58. The van der Waals surface area contributed by atoms with Crippen LogP contribution in [0.5, 0.6) is 0 Å². The molecule has 0 aliphatic carbocycles. The molecule has 1 saturated heterocycles. The van der Waals surface area contributed by atoms with Gasteiger partial charge in [-0.25, -0.2) is 19.0 Å². The van der Waals surface area contributed by atoms with Gasteiger partial charge in [0, 0.05) is 10.9 Å². The minimum Gasteiger partial charge on any atom is -0.379 e.